The highest BCUT2D eigenvalue weighted by Crippen LogP contribution is 2.34. The van der Waals surface area contributed by atoms with Crippen LogP contribution in [0.1, 0.15) is 57.8 Å². The summed E-state index contributed by atoms with van der Waals surface area (Å²) in [7, 11) is 0. The fourth-order valence-corrected chi connectivity index (χ4v) is 2.41. The van der Waals surface area contributed by atoms with Gasteiger partial charge in [0.05, 0.1) is 6.26 Å². The molecular formula is C13H22O2. The fourth-order valence-electron chi connectivity index (χ4n) is 2.41. The number of unbranched alkanes of at least 4 members (excludes halogenated alkanes) is 4. The van der Waals surface area contributed by atoms with Crippen molar-refractivity contribution in [1.29, 1.82) is 0 Å². The van der Waals surface area contributed by atoms with E-state index in [-0.39, 0.29) is 0 Å². The Labute approximate surface area is 92.4 Å². The maximum Gasteiger partial charge on any atom is 0.119 e. The Balaban J connectivity index is 2.02. The molecule has 0 heterocycles. The number of rotatable bonds is 7. The standard InChI is InChI=1S/C13H22O2/c14-10-5-3-1-2-4-7-12-8-6-9-13(12)11-15/h10-12,15H,1-9H2/b13-11-/t12-/m0/s1. The molecule has 0 unspecified atom stereocenters. The number of aldehydes is 1. The maximum absolute atomic E-state index is 10.1. The molecular weight excluding hydrogens is 188 g/mol. The van der Waals surface area contributed by atoms with Crippen LogP contribution in [0.2, 0.25) is 0 Å². The molecule has 1 rings (SSSR count). The normalized spacial score (nSPS) is 23.5. The Bertz CT molecular complexity index is 209. The van der Waals surface area contributed by atoms with Crippen LogP contribution in [0.3, 0.4) is 0 Å². The minimum Gasteiger partial charge on any atom is -0.516 e. The lowest BCUT2D eigenvalue weighted by atomic mass is 9.96. The summed E-state index contributed by atoms with van der Waals surface area (Å²) in [5.41, 5.74) is 1.25. The van der Waals surface area contributed by atoms with E-state index in [1.54, 1.807) is 0 Å². The van der Waals surface area contributed by atoms with Gasteiger partial charge in [0.15, 0.2) is 0 Å². The molecule has 0 aromatic rings. The highest BCUT2D eigenvalue weighted by atomic mass is 16.2. The van der Waals surface area contributed by atoms with Crippen molar-refractivity contribution in [3.63, 3.8) is 0 Å². The van der Waals surface area contributed by atoms with Gasteiger partial charge >= 0.3 is 0 Å². The van der Waals surface area contributed by atoms with Crippen LogP contribution in [0.5, 0.6) is 0 Å². The van der Waals surface area contributed by atoms with Crippen molar-refractivity contribution < 1.29 is 9.90 Å². The van der Waals surface area contributed by atoms with Crippen molar-refractivity contribution >= 4 is 6.29 Å². The third kappa shape index (κ3) is 4.50. The zero-order chi connectivity index (χ0) is 10.9. The van der Waals surface area contributed by atoms with E-state index < -0.39 is 0 Å². The molecule has 1 fully saturated rings. The average molecular weight is 210 g/mol. The van der Waals surface area contributed by atoms with Crippen molar-refractivity contribution in [3.8, 4) is 0 Å². The van der Waals surface area contributed by atoms with Crippen molar-refractivity contribution in [2.75, 3.05) is 0 Å². The molecule has 2 nitrogen and oxygen atoms in total. The highest BCUT2D eigenvalue weighted by Gasteiger charge is 2.20. The molecule has 0 bridgehead atoms. The van der Waals surface area contributed by atoms with Crippen molar-refractivity contribution in [3.05, 3.63) is 11.8 Å². The summed E-state index contributed by atoms with van der Waals surface area (Å²) in [6.45, 7) is 0. The molecule has 1 aliphatic carbocycles. The molecule has 1 saturated carbocycles. The second kappa shape index (κ2) is 7.49. The zero-order valence-electron chi connectivity index (χ0n) is 9.45. The molecule has 1 atom stereocenters. The lowest BCUT2D eigenvalue weighted by Gasteiger charge is -2.10. The van der Waals surface area contributed by atoms with E-state index in [0.717, 1.165) is 19.1 Å². The summed E-state index contributed by atoms with van der Waals surface area (Å²) < 4.78 is 0. The SMILES string of the molecule is O=CCCCCCC[C@H]1CCC/C1=C/O. The number of hydrogen-bond acceptors (Lipinski definition) is 2. The Morgan fingerprint density at radius 3 is 2.80 bits per heavy atom. The minimum atomic E-state index is 0.640. The predicted molar refractivity (Wildman–Crippen MR) is 61.8 cm³/mol. The first-order valence-corrected chi connectivity index (χ1v) is 6.15. The lowest BCUT2D eigenvalue weighted by Crippen LogP contribution is -1.96. The summed E-state index contributed by atoms with van der Waals surface area (Å²) in [6, 6.07) is 0. The van der Waals surface area contributed by atoms with Gasteiger partial charge in [0.1, 0.15) is 6.29 Å². The monoisotopic (exact) mass is 210 g/mol. The summed E-state index contributed by atoms with van der Waals surface area (Å²) in [4.78, 5) is 10.1. The first-order valence-electron chi connectivity index (χ1n) is 6.15. The van der Waals surface area contributed by atoms with E-state index in [2.05, 4.69) is 0 Å². The first-order chi connectivity index (χ1) is 7.38. The molecule has 0 aromatic carbocycles. The van der Waals surface area contributed by atoms with Crippen LogP contribution in [-0.4, -0.2) is 11.4 Å². The van der Waals surface area contributed by atoms with Gasteiger partial charge in [-0.1, -0.05) is 19.3 Å². The van der Waals surface area contributed by atoms with E-state index in [1.807, 2.05) is 0 Å². The van der Waals surface area contributed by atoms with Gasteiger partial charge in [-0.3, -0.25) is 0 Å². The van der Waals surface area contributed by atoms with E-state index in [4.69, 9.17) is 5.11 Å². The summed E-state index contributed by atoms with van der Waals surface area (Å²) in [5.74, 6) is 0.640. The first kappa shape index (κ1) is 12.3. The van der Waals surface area contributed by atoms with Gasteiger partial charge in [-0.05, 0) is 43.6 Å². The van der Waals surface area contributed by atoms with Crippen LogP contribution < -0.4 is 0 Å². The molecule has 1 aliphatic rings. The molecule has 1 N–H and O–H groups in total. The molecule has 0 spiro atoms. The van der Waals surface area contributed by atoms with Crippen LogP contribution in [0, 0.1) is 5.92 Å². The summed E-state index contributed by atoms with van der Waals surface area (Å²) >= 11 is 0. The van der Waals surface area contributed by atoms with Gasteiger partial charge in [0, 0.05) is 6.42 Å². The fraction of sp³-hybridized carbons (Fsp3) is 0.769. The second-order valence-electron chi connectivity index (χ2n) is 4.45. The molecule has 0 amide bonds. The zero-order valence-corrected chi connectivity index (χ0v) is 9.45. The quantitative estimate of drug-likeness (QED) is 0.394. The largest absolute Gasteiger partial charge is 0.516 e. The molecule has 0 radical (unpaired) electrons. The number of hydrogen-bond donors (Lipinski definition) is 1. The van der Waals surface area contributed by atoms with Gasteiger partial charge in [0.25, 0.3) is 0 Å². The van der Waals surface area contributed by atoms with E-state index in [0.29, 0.717) is 12.3 Å². The number of carbonyl (C=O) groups is 1. The van der Waals surface area contributed by atoms with Gasteiger partial charge in [-0.25, -0.2) is 0 Å². The minimum absolute atomic E-state index is 0.640. The van der Waals surface area contributed by atoms with Crippen LogP contribution in [0.4, 0.5) is 0 Å². The van der Waals surface area contributed by atoms with E-state index in [1.165, 1.54) is 50.4 Å². The highest BCUT2D eigenvalue weighted by molar-refractivity contribution is 5.48. The Morgan fingerprint density at radius 1 is 1.27 bits per heavy atom. The third-order valence-electron chi connectivity index (χ3n) is 3.33. The molecule has 15 heavy (non-hydrogen) atoms. The Morgan fingerprint density at radius 2 is 2.07 bits per heavy atom. The van der Waals surface area contributed by atoms with Crippen LogP contribution in [-0.2, 0) is 4.79 Å². The lowest BCUT2D eigenvalue weighted by molar-refractivity contribution is -0.107. The summed E-state index contributed by atoms with van der Waals surface area (Å²) in [6.07, 6.45) is 12.5. The Kier molecular flexibility index (Phi) is 6.14. The van der Waals surface area contributed by atoms with Gasteiger partial charge in [0.2, 0.25) is 0 Å². The van der Waals surface area contributed by atoms with Crippen LogP contribution in [0.25, 0.3) is 0 Å². The average Bonchev–Trinajstić information content (AvgIpc) is 2.70. The van der Waals surface area contributed by atoms with Crippen molar-refractivity contribution in [1.82, 2.24) is 0 Å². The van der Waals surface area contributed by atoms with Gasteiger partial charge in [-0.2, -0.15) is 0 Å². The summed E-state index contributed by atoms with van der Waals surface area (Å²) in [5, 5.41) is 9.01. The molecule has 2 heteroatoms. The smallest absolute Gasteiger partial charge is 0.119 e. The van der Waals surface area contributed by atoms with Gasteiger partial charge in [-0.15, -0.1) is 0 Å². The molecule has 0 aliphatic heterocycles. The number of carbonyl (C=O) groups excluding carboxylic acids is 1. The Hall–Kier alpha value is -0.790. The van der Waals surface area contributed by atoms with E-state index in [9.17, 15) is 4.79 Å². The molecule has 0 saturated heterocycles. The van der Waals surface area contributed by atoms with Gasteiger partial charge < -0.3 is 9.90 Å². The van der Waals surface area contributed by atoms with Crippen molar-refractivity contribution in [2.45, 2.75) is 57.8 Å². The molecule has 0 aromatic heterocycles. The van der Waals surface area contributed by atoms with Crippen LogP contribution in [0.15, 0.2) is 11.8 Å². The molecule has 86 valence electrons. The topological polar surface area (TPSA) is 37.3 Å². The van der Waals surface area contributed by atoms with Crippen LogP contribution >= 0.6 is 0 Å². The van der Waals surface area contributed by atoms with Crippen molar-refractivity contribution in [2.24, 2.45) is 5.92 Å². The van der Waals surface area contributed by atoms with E-state index >= 15 is 0 Å². The maximum atomic E-state index is 10.1. The second-order valence-corrected chi connectivity index (χ2v) is 4.45. The number of aliphatic hydroxyl groups excluding tert-OH is 1. The number of aliphatic hydroxyl groups is 1. The predicted octanol–water partition coefficient (Wildman–Crippen LogP) is 3.77. The third-order valence-corrected chi connectivity index (χ3v) is 3.33. The number of allylic oxidation sites excluding steroid dienone is 1.